The summed E-state index contributed by atoms with van der Waals surface area (Å²) < 4.78 is 25.3. The van der Waals surface area contributed by atoms with E-state index in [2.05, 4.69) is 21.5 Å². The van der Waals surface area contributed by atoms with Crippen molar-refractivity contribution >= 4 is 20.3 Å². The van der Waals surface area contributed by atoms with E-state index >= 15 is 0 Å². The molecule has 0 amide bonds. The zero-order chi connectivity index (χ0) is 28.2. The van der Waals surface area contributed by atoms with Crippen LogP contribution in [-0.4, -0.2) is 44.8 Å². The molecule has 0 rings (SSSR count). The van der Waals surface area contributed by atoms with Crippen LogP contribution in [0.4, 0.5) is 0 Å². The summed E-state index contributed by atoms with van der Waals surface area (Å²) in [4.78, 5) is 43.9. The molecule has 0 radical (unpaired) electrons. The molecule has 0 saturated heterocycles. The molecule has 0 fully saturated rings. The van der Waals surface area contributed by atoms with Crippen LogP contribution in [-0.2, 0) is 28.2 Å². The van der Waals surface area contributed by atoms with E-state index in [0.717, 1.165) is 51.5 Å². The molecule has 1 atom stereocenters. The van der Waals surface area contributed by atoms with Gasteiger partial charge < -0.3 is 33.7 Å². The Morgan fingerprint density at radius 3 is 1.75 bits per heavy atom. The number of unbranched alkanes of at least 4 members (excludes halogenated alkanes) is 17. The minimum Gasteiger partial charge on any atom is -0.790 e. The van der Waals surface area contributed by atoms with Crippen LogP contribution < -0.4 is 74.2 Å². The normalized spacial score (nSPS) is 11.8. The summed E-state index contributed by atoms with van der Waals surface area (Å²) in [5, 5.41) is 3.19. The Morgan fingerprint density at radius 2 is 1.25 bits per heavy atom. The van der Waals surface area contributed by atoms with Crippen molar-refractivity contribution in [3.63, 3.8) is 0 Å². The van der Waals surface area contributed by atoms with Gasteiger partial charge in [-0.1, -0.05) is 110 Å². The van der Waals surface area contributed by atoms with Crippen LogP contribution in [0.2, 0.25) is 0 Å². The maximum Gasteiger partial charge on any atom is 1.00 e. The second kappa shape index (κ2) is 34.5. The number of carbonyl (C=O) groups excluding carboxylic acids is 2. The molecule has 0 aliphatic rings. The van der Waals surface area contributed by atoms with Crippen LogP contribution in [0.1, 0.15) is 135 Å². The standard InChI is InChI=1S/C28H56NO8P.2Na/c1-2-3-4-5-12-15-18-21-28(31)37-27(25-36-38(32,33)34)24-29-22-19-16-13-10-8-6-7-9-11-14-17-20-23-35-26-30;;/h26-27,29H,2-25H2,1H3,(H2,32,33,34);;/q;2*+1/p-2/t27-;;/m0../s1. The SMILES string of the molecule is CCCCCCCCCC(=O)O[C@@H](CNCCCCCCCCCCCCCCOC=O)COP(=O)([O-])[O-].[Na+].[Na+]. The Morgan fingerprint density at radius 1 is 0.775 bits per heavy atom. The van der Waals surface area contributed by atoms with E-state index in [1.807, 2.05) is 0 Å². The number of esters is 1. The van der Waals surface area contributed by atoms with Crippen molar-refractivity contribution in [2.45, 2.75) is 141 Å². The molecule has 0 aliphatic heterocycles. The molecular formula is C28H54NNa2O8P. The van der Waals surface area contributed by atoms with Crippen molar-refractivity contribution in [1.29, 1.82) is 0 Å². The number of ether oxygens (including phenoxy) is 2. The fourth-order valence-electron chi connectivity index (χ4n) is 4.29. The molecule has 0 unspecified atom stereocenters. The Bertz CT molecular complexity index is 599. The quantitative estimate of drug-likeness (QED) is 0.0370. The van der Waals surface area contributed by atoms with E-state index in [4.69, 9.17) is 4.74 Å². The number of rotatable bonds is 30. The van der Waals surface area contributed by atoms with Gasteiger partial charge in [0.1, 0.15) is 6.10 Å². The Kier molecular flexibility index (Phi) is 39.2. The van der Waals surface area contributed by atoms with Crippen LogP contribution in [0, 0.1) is 0 Å². The number of hydrogen-bond donors (Lipinski definition) is 1. The van der Waals surface area contributed by atoms with Gasteiger partial charge in [0.05, 0.1) is 21.0 Å². The van der Waals surface area contributed by atoms with Gasteiger partial charge in [0.2, 0.25) is 0 Å². The van der Waals surface area contributed by atoms with Crippen molar-refractivity contribution in [2.75, 3.05) is 26.3 Å². The predicted octanol–water partition coefficient (Wildman–Crippen LogP) is -0.664. The van der Waals surface area contributed by atoms with Crippen molar-refractivity contribution in [2.24, 2.45) is 0 Å². The maximum absolute atomic E-state index is 12.1. The third-order valence-corrected chi connectivity index (χ3v) is 6.97. The summed E-state index contributed by atoms with van der Waals surface area (Å²) in [5.74, 6) is -0.384. The van der Waals surface area contributed by atoms with Crippen LogP contribution in [0.15, 0.2) is 0 Å². The van der Waals surface area contributed by atoms with Gasteiger partial charge in [-0.25, -0.2) is 0 Å². The Hall–Kier alpha value is 1.01. The number of phosphoric ester groups is 1. The number of carbonyl (C=O) groups is 2. The van der Waals surface area contributed by atoms with Crippen LogP contribution in [0.25, 0.3) is 0 Å². The summed E-state index contributed by atoms with van der Waals surface area (Å²) in [6, 6.07) is 0. The molecule has 40 heavy (non-hydrogen) atoms. The second-order valence-corrected chi connectivity index (χ2v) is 11.3. The summed E-state index contributed by atoms with van der Waals surface area (Å²) in [6.07, 6.45) is 21.2. The van der Waals surface area contributed by atoms with Crippen LogP contribution in [0.3, 0.4) is 0 Å². The summed E-state index contributed by atoms with van der Waals surface area (Å²) in [6.45, 7) is 3.76. The molecule has 226 valence electrons. The molecule has 1 N–H and O–H groups in total. The fraction of sp³-hybridized carbons (Fsp3) is 0.929. The zero-order valence-electron chi connectivity index (χ0n) is 25.8. The second-order valence-electron chi connectivity index (χ2n) is 10.1. The topological polar surface area (TPSA) is 137 Å². The van der Waals surface area contributed by atoms with Gasteiger partial charge in [0.25, 0.3) is 6.47 Å². The van der Waals surface area contributed by atoms with Gasteiger partial charge in [-0.3, -0.25) is 9.59 Å². The molecule has 0 aromatic carbocycles. The molecule has 0 spiro atoms. The molecule has 0 heterocycles. The molecule has 0 saturated carbocycles. The van der Waals surface area contributed by atoms with Crippen molar-refractivity contribution in [3.05, 3.63) is 0 Å². The van der Waals surface area contributed by atoms with E-state index in [-0.39, 0.29) is 78.0 Å². The van der Waals surface area contributed by atoms with E-state index < -0.39 is 20.5 Å². The summed E-state index contributed by atoms with van der Waals surface area (Å²) in [7, 11) is -5.11. The average Bonchev–Trinajstić information content (AvgIpc) is 2.88. The molecule has 0 aliphatic carbocycles. The predicted molar refractivity (Wildman–Crippen MR) is 146 cm³/mol. The number of phosphoric acid groups is 1. The first-order chi connectivity index (χ1) is 18.4. The maximum atomic E-state index is 12.1. The van der Waals surface area contributed by atoms with Crippen LogP contribution in [0.5, 0.6) is 0 Å². The van der Waals surface area contributed by atoms with E-state index in [0.29, 0.717) is 13.1 Å². The van der Waals surface area contributed by atoms with Gasteiger partial charge in [-0.05, 0) is 25.8 Å². The van der Waals surface area contributed by atoms with E-state index in [9.17, 15) is 23.9 Å². The monoisotopic (exact) mass is 609 g/mol. The third-order valence-electron chi connectivity index (χ3n) is 6.51. The average molecular weight is 610 g/mol. The smallest absolute Gasteiger partial charge is 0.790 e. The number of hydrogen-bond acceptors (Lipinski definition) is 9. The zero-order valence-corrected chi connectivity index (χ0v) is 30.7. The van der Waals surface area contributed by atoms with Gasteiger partial charge in [-0.2, -0.15) is 0 Å². The van der Waals surface area contributed by atoms with E-state index in [1.165, 1.54) is 77.0 Å². The fourth-order valence-corrected chi connectivity index (χ4v) is 4.64. The van der Waals surface area contributed by atoms with Crippen molar-refractivity contribution < 1.29 is 97.1 Å². The van der Waals surface area contributed by atoms with E-state index in [1.54, 1.807) is 0 Å². The summed E-state index contributed by atoms with van der Waals surface area (Å²) in [5.41, 5.74) is 0. The Balaban J connectivity index is -0.00000684. The number of nitrogens with one attached hydrogen (secondary N) is 1. The molecule has 12 heteroatoms. The minimum absolute atomic E-state index is 0. The third kappa shape index (κ3) is 37.0. The van der Waals surface area contributed by atoms with Gasteiger partial charge in [-0.15, -0.1) is 0 Å². The van der Waals surface area contributed by atoms with Crippen LogP contribution >= 0.6 is 7.82 Å². The summed E-state index contributed by atoms with van der Waals surface area (Å²) >= 11 is 0. The van der Waals surface area contributed by atoms with Crippen molar-refractivity contribution in [3.8, 4) is 0 Å². The first kappa shape index (κ1) is 45.4. The molecule has 0 bridgehead atoms. The minimum atomic E-state index is -5.11. The molecular weight excluding hydrogens is 555 g/mol. The largest absolute Gasteiger partial charge is 1.00 e. The molecule has 0 aromatic rings. The molecule has 0 aromatic heterocycles. The molecule has 9 nitrogen and oxygen atoms in total. The first-order valence-electron chi connectivity index (χ1n) is 15.0. The first-order valence-corrected chi connectivity index (χ1v) is 16.5. The van der Waals surface area contributed by atoms with Gasteiger partial charge >= 0.3 is 65.1 Å². The van der Waals surface area contributed by atoms with Crippen molar-refractivity contribution in [1.82, 2.24) is 5.32 Å². The van der Waals surface area contributed by atoms with Gasteiger partial charge in [0, 0.05) is 13.0 Å². The van der Waals surface area contributed by atoms with Gasteiger partial charge in [0.15, 0.2) is 0 Å². The Labute approximate surface area is 288 Å².